The number of alkyl halides is 3. The molecule has 2 atom stereocenters. The van der Waals surface area contributed by atoms with Gasteiger partial charge in [-0.05, 0) is 17.7 Å². The maximum absolute atomic E-state index is 12.6. The second-order valence-electron chi connectivity index (χ2n) is 7.22. The Bertz CT molecular complexity index is 751. The van der Waals surface area contributed by atoms with Crippen molar-refractivity contribution < 1.29 is 17.9 Å². The summed E-state index contributed by atoms with van der Waals surface area (Å²) >= 11 is 0. The predicted molar refractivity (Wildman–Crippen MR) is 95.4 cm³/mol. The lowest BCUT2D eigenvalue weighted by Gasteiger charge is -2.37. The van der Waals surface area contributed by atoms with Gasteiger partial charge in [0.15, 0.2) is 0 Å². The van der Waals surface area contributed by atoms with Crippen LogP contribution in [0.15, 0.2) is 48.7 Å². The summed E-state index contributed by atoms with van der Waals surface area (Å²) in [6.45, 7) is 4.74. The molecule has 0 aliphatic carbocycles. The number of nitrogens with zero attached hydrogens (tertiary/aromatic N) is 3. The van der Waals surface area contributed by atoms with Crippen LogP contribution in [0, 0.1) is 0 Å². The van der Waals surface area contributed by atoms with E-state index in [2.05, 4.69) is 39.0 Å². The summed E-state index contributed by atoms with van der Waals surface area (Å²) in [5.74, 6) is 0.397. The van der Waals surface area contributed by atoms with Crippen molar-refractivity contribution in [2.75, 3.05) is 26.2 Å². The van der Waals surface area contributed by atoms with Gasteiger partial charge in [-0.15, -0.1) is 0 Å². The Balaban J connectivity index is 1.32. The number of halogens is 3. The molecule has 4 nitrogen and oxygen atoms in total. The molecular formula is C20H22F3N3O. The molecule has 4 rings (SSSR count). The van der Waals surface area contributed by atoms with Crippen molar-refractivity contribution in [3.8, 4) is 5.75 Å². The van der Waals surface area contributed by atoms with Crippen molar-refractivity contribution in [1.29, 1.82) is 0 Å². The quantitative estimate of drug-likeness (QED) is 0.816. The molecule has 1 aromatic heterocycles. The lowest BCUT2D eigenvalue weighted by molar-refractivity contribution is -0.141. The van der Waals surface area contributed by atoms with Crippen molar-refractivity contribution in [3.05, 3.63) is 59.9 Å². The Morgan fingerprint density at radius 3 is 2.56 bits per heavy atom. The first-order valence-electron chi connectivity index (χ1n) is 9.17. The summed E-state index contributed by atoms with van der Waals surface area (Å²) in [6.07, 6.45) is -2.38. The van der Waals surface area contributed by atoms with Gasteiger partial charge in [0.05, 0.1) is 6.20 Å². The fourth-order valence-electron chi connectivity index (χ4n) is 3.94. The number of pyridine rings is 1. The normalized spacial score (nSPS) is 24.0. The zero-order valence-electron chi connectivity index (χ0n) is 14.9. The van der Waals surface area contributed by atoms with E-state index in [1.807, 2.05) is 6.07 Å². The average molecular weight is 377 g/mol. The number of piperazine rings is 1. The van der Waals surface area contributed by atoms with Gasteiger partial charge in [-0.25, -0.2) is 4.98 Å². The number of hydrogen-bond donors (Lipinski definition) is 0. The fraction of sp³-hybridized carbons (Fsp3) is 0.450. The van der Waals surface area contributed by atoms with Gasteiger partial charge in [0.2, 0.25) is 0 Å². The second-order valence-corrected chi connectivity index (χ2v) is 7.22. The topological polar surface area (TPSA) is 28.6 Å². The molecule has 2 aromatic rings. The third kappa shape index (κ3) is 4.42. The van der Waals surface area contributed by atoms with Crippen molar-refractivity contribution >= 4 is 0 Å². The molecule has 27 heavy (non-hydrogen) atoms. The van der Waals surface area contributed by atoms with E-state index < -0.39 is 11.9 Å². The highest BCUT2D eigenvalue weighted by Crippen LogP contribution is 2.30. The van der Waals surface area contributed by atoms with Gasteiger partial charge in [-0.3, -0.25) is 9.80 Å². The van der Waals surface area contributed by atoms with Crippen LogP contribution in [-0.2, 0) is 12.7 Å². The summed E-state index contributed by atoms with van der Waals surface area (Å²) in [7, 11) is 0. The van der Waals surface area contributed by atoms with E-state index in [1.54, 1.807) is 0 Å². The summed E-state index contributed by atoms with van der Waals surface area (Å²) < 4.78 is 43.7. The van der Waals surface area contributed by atoms with E-state index in [0.717, 1.165) is 45.2 Å². The smallest absolute Gasteiger partial charge is 0.433 e. The minimum Gasteiger partial charge on any atom is -0.487 e. The first-order valence-corrected chi connectivity index (χ1v) is 9.17. The van der Waals surface area contributed by atoms with E-state index in [1.165, 1.54) is 17.8 Å². The second kappa shape index (κ2) is 7.48. The van der Waals surface area contributed by atoms with Crippen molar-refractivity contribution in [2.24, 2.45) is 0 Å². The Morgan fingerprint density at radius 1 is 1.04 bits per heavy atom. The van der Waals surface area contributed by atoms with Crippen molar-refractivity contribution in [2.45, 2.75) is 31.3 Å². The summed E-state index contributed by atoms with van der Waals surface area (Å²) in [4.78, 5) is 8.35. The molecule has 2 saturated heterocycles. The summed E-state index contributed by atoms with van der Waals surface area (Å²) in [5, 5.41) is 0. The van der Waals surface area contributed by atoms with Gasteiger partial charge in [0.1, 0.15) is 17.5 Å². The highest BCUT2D eigenvalue weighted by molar-refractivity contribution is 5.22. The Hall–Kier alpha value is -2.12. The highest BCUT2D eigenvalue weighted by atomic mass is 19.4. The largest absolute Gasteiger partial charge is 0.487 e. The monoisotopic (exact) mass is 377 g/mol. The zero-order valence-corrected chi connectivity index (χ0v) is 14.9. The standard InChI is InChI=1S/C20H22F3N3O/c21-20(22,23)19-7-6-17(11-24-19)27-18-10-16-13-25(8-9-26(16)14-18)12-15-4-2-1-3-5-15/h1-7,11,16,18H,8-10,12-14H2/t16-,18+/m0/s1. The molecule has 0 N–H and O–H groups in total. The number of hydrogen-bond acceptors (Lipinski definition) is 4. The molecule has 3 heterocycles. The SMILES string of the molecule is FC(F)(F)c1ccc(O[C@@H]2C[C@H]3CN(Cc4ccccc4)CCN3C2)cn1. The molecule has 0 spiro atoms. The first-order chi connectivity index (χ1) is 13.0. The Labute approximate surface area is 156 Å². The average Bonchev–Trinajstić information content (AvgIpc) is 3.04. The number of aromatic nitrogens is 1. The van der Waals surface area contributed by atoms with Crippen LogP contribution < -0.4 is 4.74 Å². The zero-order chi connectivity index (χ0) is 18.9. The maximum atomic E-state index is 12.6. The first kappa shape index (κ1) is 18.3. The van der Waals surface area contributed by atoms with Gasteiger partial charge in [0.25, 0.3) is 0 Å². The Kier molecular flexibility index (Phi) is 5.06. The van der Waals surface area contributed by atoms with Gasteiger partial charge in [-0.1, -0.05) is 30.3 Å². The molecule has 2 aliphatic rings. The van der Waals surface area contributed by atoms with Crippen LogP contribution in [0.4, 0.5) is 13.2 Å². The molecule has 1 aromatic carbocycles. The fourth-order valence-corrected chi connectivity index (χ4v) is 3.94. The molecule has 2 fully saturated rings. The lowest BCUT2D eigenvalue weighted by Crippen LogP contribution is -2.49. The number of rotatable bonds is 4. The lowest BCUT2D eigenvalue weighted by atomic mass is 10.1. The van der Waals surface area contributed by atoms with Crippen molar-refractivity contribution in [3.63, 3.8) is 0 Å². The Morgan fingerprint density at radius 2 is 1.85 bits per heavy atom. The van der Waals surface area contributed by atoms with Gasteiger partial charge in [0, 0.05) is 45.2 Å². The van der Waals surface area contributed by atoms with Crippen molar-refractivity contribution in [1.82, 2.24) is 14.8 Å². The highest BCUT2D eigenvalue weighted by Gasteiger charge is 2.37. The van der Waals surface area contributed by atoms with E-state index >= 15 is 0 Å². The number of fused-ring (bicyclic) bond motifs is 1. The third-order valence-corrected chi connectivity index (χ3v) is 5.24. The van der Waals surface area contributed by atoms with E-state index in [0.29, 0.717) is 11.8 Å². The predicted octanol–water partition coefficient (Wildman–Crippen LogP) is 3.44. The van der Waals surface area contributed by atoms with Crippen LogP contribution >= 0.6 is 0 Å². The molecule has 0 bridgehead atoms. The van der Waals surface area contributed by atoms with Crippen LogP contribution in [0.25, 0.3) is 0 Å². The summed E-state index contributed by atoms with van der Waals surface area (Å²) in [6, 6.07) is 13.2. The molecular weight excluding hydrogens is 355 g/mol. The number of benzene rings is 1. The van der Waals surface area contributed by atoms with Crippen LogP contribution in [-0.4, -0.2) is 53.1 Å². The van der Waals surface area contributed by atoms with Crippen LogP contribution in [0.1, 0.15) is 17.7 Å². The number of ether oxygens (including phenoxy) is 1. The maximum Gasteiger partial charge on any atom is 0.433 e. The van der Waals surface area contributed by atoms with E-state index in [9.17, 15) is 13.2 Å². The molecule has 144 valence electrons. The minimum absolute atomic E-state index is 0.00906. The van der Waals surface area contributed by atoms with Gasteiger partial charge >= 0.3 is 6.18 Å². The molecule has 0 unspecified atom stereocenters. The third-order valence-electron chi connectivity index (χ3n) is 5.24. The molecule has 7 heteroatoms. The molecule has 0 amide bonds. The molecule has 0 radical (unpaired) electrons. The van der Waals surface area contributed by atoms with Crippen LogP contribution in [0.3, 0.4) is 0 Å². The minimum atomic E-state index is -4.42. The van der Waals surface area contributed by atoms with Crippen LogP contribution in [0.2, 0.25) is 0 Å². The van der Waals surface area contributed by atoms with Crippen LogP contribution in [0.5, 0.6) is 5.75 Å². The molecule has 2 aliphatic heterocycles. The van der Waals surface area contributed by atoms with E-state index in [4.69, 9.17) is 4.74 Å². The molecule has 0 saturated carbocycles. The van der Waals surface area contributed by atoms with E-state index in [-0.39, 0.29) is 6.10 Å². The summed E-state index contributed by atoms with van der Waals surface area (Å²) in [5.41, 5.74) is 0.419. The van der Waals surface area contributed by atoms with Gasteiger partial charge < -0.3 is 4.74 Å². The van der Waals surface area contributed by atoms with Gasteiger partial charge in [-0.2, -0.15) is 13.2 Å².